The summed E-state index contributed by atoms with van der Waals surface area (Å²) in [5, 5.41) is 8.71. The molecule has 0 saturated carbocycles. The molecule has 3 nitrogen and oxygen atoms in total. The number of hydrogen-bond acceptors (Lipinski definition) is 2. The molecule has 0 bridgehead atoms. The van der Waals surface area contributed by atoms with Crippen molar-refractivity contribution in [3.05, 3.63) is 65.5 Å². The van der Waals surface area contributed by atoms with Crippen LogP contribution in [0.4, 0.5) is 10.1 Å². The van der Waals surface area contributed by atoms with E-state index in [1.165, 1.54) is 11.0 Å². The molecule has 2 rings (SSSR count). The number of hydrogen-bond donors (Lipinski definition) is 0. The molecule has 0 saturated heterocycles. The van der Waals surface area contributed by atoms with Crippen LogP contribution in [0.2, 0.25) is 0 Å². The van der Waals surface area contributed by atoms with Gasteiger partial charge in [-0.2, -0.15) is 5.26 Å². The molecule has 1 amide bonds. The van der Waals surface area contributed by atoms with Crippen molar-refractivity contribution in [2.24, 2.45) is 0 Å². The monoisotopic (exact) mass is 268 g/mol. The Bertz CT molecular complexity index is 659. The molecule has 0 aromatic heterocycles. The van der Waals surface area contributed by atoms with Gasteiger partial charge in [-0.25, -0.2) is 4.39 Å². The van der Waals surface area contributed by atoms with E-state index < -0.39 is 5.82 Å². The zero-order valence-corrected chi connectivity index (χ0v) is 11.0. The molecule has 0 radical (unpaired) electrons. The maximum absolute atomic E-state index is 13.6. The van der Waals surface area contributed by atoms with E-state index in [0.29, 0.717) is 5.56 Å². The van der Waals surface area contributed by atoms with Gasteiger partial charge in [0, 0.05) is 7.05 Å². The van der Waals surface area contributed by atoms with E-state index in [4.69, 9.17) is 5.26 Å². The van der Waals surface area contributed by atoms with E-state index in [0.717, 1.165) is 5.56 Å². The lowest BCUT2D eigenvalue weighted by atomic mass is 10.1. The van der Waals surface area contributed by atoms with Crippen LogP contribution in [0.3, 0.4) is 0 Å². The maximum atomic E-state index is 13.6. The third-order valence-electron chi connectivity index (χ3n) is 3.03. The molecule has 2 aromatic carbocycles. The fourth-order valence-corrected chi connectivity index (χ4v) is 1.85. The fraction of sp³-hybridized carbons (Fsp3) is 0.125. The topological polar surface area (TPSA) is 44.1 Å². The molecule has 2 aromatic rings. The summed E-state index contributed by atoms with van der Waals surface area (Å²) < 4.78 is 13.6. The molecule has 0 heterocycles. The molecule has 0 unspecified atom stereocenters. The van der Waals surface area contributed by atoms with Crippen LogP contribution in [-0.4, -0.2) is 13.0 Å². The normalized spacial score (nSPS) is 9.85. The minimum Gasteiger partial charge on any atom is -0.313 e. The first-order valence-corrected chi connectivity index (χ1v) is 6.12. The summed E-state index contributed by atoms with van der Waals surface area (Å²) in [5.74, 6) is -0.636. The van der Waals surface area contributed by atoms with E-state index in [2.05, 4.69) is 0 Å². The van der Waals surface area contributed by atoms with Crippen LogP contribution in [0.5, 0.6) is 0 Å². The second-order valence-corrected chi connectivity index (χ2v) is 4.39. The number of rotatable bonds is 3. The number of anilines is 1. The highest BCUT2D eigenvalue weighted by molar-refractivity contribution is 5.94. The molecule has 0 aliphatic carbocycles. The number of benzene rings is 2. The lowest BCUT2D eigenvalue weighted by Crippen LogP contribution is -2.28. The smallest absolute Gasteiger partial charge is 0.231 e. The average Bonchev–Trinajstić information content (AvgIpc) is 2.48. The van der Waals surface area contributed by atoms with Crippen molar-refractivity contribution in [1.29, 1.82) is 5.26 Å². The van der Waals surface area contributed by atoms with Gasteiger partial charge < -0.3 is 4.90 Å². The molecule has 0 spiro atoms. The summed E-state index contributed by atoms with van der Waals surface area (Å²) in [4.78, 5) is 13.4. The van der Waals surface area contributed by atoms with Gasteiger partial charge in [-0.1, -0.05) is 24.3 Å². The van der Waals surface area contributed by atoms with E-state index in [1.807, 2.05) is 6.07 Å². The molecule has 4 heteroatoms. The Balaban J connectivity index is 2.12. The number of nitrogens with zero attached hydrogens (tertiary/aromatic N) is 2. The second-order valence-electron chi connectivity index (χ2n) is 4.39. The molecular formula is C16H13FN2O. The molecule has 20 heavy (non-hydrogen) atoms. The van der Waals surface area contributed by atoms with Crippen LogP contribution < -0.4 is 4.90 Å². The molecule has 0 N–H and O–H groups in total. The lowest BCUT2D eigenvalue weighted by Gasteiger charge is -2.18. The Hall–Kier alpha value is -2.67. The molecule has 0 aliphatic heterocycles. The number of likely N-dealkylation sites (N-methyl/N-ethyl adjacent to an activating group) is 1. The van der Waals surface area contributed by atoms with Crippen molar-refractivity contribution < 1.29 is 9.18 Å². The maximum Gasteiger partial charge on any atom is 0.231 e. The van der Waals surface area contributed by atoms with Crippen molar-refractivity contribution in [3.63, 3.8) is 0 Å². The molecule has 0 atom stereocenters. The third-order valence-corrected chi connectivity index (χ3v) is 3.03. The first kappa shape index (κ1) is 13.8. The summed E-state index contributed by atoms with van der Waals surface area (Å²) in [5.41, 5.74) is 1.59. The molecule has 100 valence electrons. The summed E-state index contributed by atoms with van der Waals surface area (Å²) in [6.45, 7) is 0. The number of carbonyl (C=O) groups is 1. The van der Waals surface area contributed by atoms with E-state index in [-0.39, 0.29) is 18.0 Å². The van der Waals surface area contributed by atoms with Crippen LogP contribution in [0.1, 0.15) is 11.1 Å². The standard InChI is InChI=1S/C16H13FN2O/c1-19(15-5-3-2-4-14(15)17)16(20)10-12-6-8-13(11-18)9-7-12/h2-9H,10H2,1H3. The zero-order valence-electron chi connectivity index (χ0n) is 11.0. The molecule has 0 fully saturated rings. The van der Waals surface area contributed by atoms with E-state index in [1.54, 1.807) is 49.5 Å². The fourth-order valence-electron chi connectivity index (χ4n) is 1.85. The summed E-state index contributed by atoms with van der Waals surface area (Å²) >= 11 is 0. The van der Waals surface area contributed by atoms with Crippen molar-refractivity contribution in [1.82, 2.24) is 0 Å². The van der Waals surface area contributed by atoms with Gasteiger partial charge in [-0.15, -0.1) is 0 Å². The van der Waals surface area contributed by atoms with Crippen molar-refractivity contribution in [3.8, 4) is 6.07 Å². The first-order chi connectivity index (χ1) is 9.61. The van der Waals surface area contributed by atoms with E-state index in [9.17, 15) is 9.18 Å². The summed E-state index contributed by atoms with van der Waals surface area (Å²) in [6.07, 6.45) is 0.163. The molecular weight excluding hydrogens is 255 g/mol. The SMILES string of the molecule is CN(C(=O)Cc1ccc(C#N)cc1)c1ccccc1F. The van der Waals surface area contributed by atoms with Crippen LogP contribution in [-0.2, 0) is 11.2 Å². The Morgan fingerprint density at radius 3 is 2.45 bits per heavy atom. The Morgan fingerprint density at radius 1 is 1.20 bits per heavy atom. The Labute approximate surface area is 116 Å². The largest absolute Gasteiger partial charge is 0.313 e. The quantitative estimate of drug-likeness (QED) is 0.859. The first-order valence-electron chi connectivity index (χ1n) is 6.12. The molecule has 0 aliphatic rings. The average molecular weight is 268 g/mol. The Kier molecular flexibility index (Phi) is 4.11. The number of amides is 1. The van der Waals surface area contributed by atoms with Crippen LogP contribution in [0.15, 0.2) is 48.5 Å². The van der Waals surface area contributed by atoms with Crippen molar-refractivity contribution >= 4 is 11.6 Å². The van der Waals surface area contributed by atoms with Gasteiger partial charge in [0.25, 0.3) is 0 Å². The van der Waals surface area contributed by atoms with Crippen molar-refractivity contribution in [2.75, 3.05) is 11.9 Å². The number of halogens is 1. The Morgan fingerprint density at radius 2 is 1.85 bits per heavy atom. The lowest BCUT2D eigenvalue weighted by molar-refractivity contribution is -0.117. The number of nitriles is 1. The van der Waals surface area contributed by atoms with Gasteiger partial charge in [0.2, 0.25) is 5.91 Å². The second kappa shape index (κ2) is 5.98. The minimum absolute atomic E-state index is 0.163. The zero-order chi connectivity index (χ0) is 14.5. The van der Waals surface area contributed by atoms with Crippen LogP contribution in [0, 0.1) is 17.1 Å². The predicted molar refractivity (Wildman–Crippen MR) is 74.7 cm³/mol. The van der Waals surface area contributed by atoms with Crippen LogP contribution in [0.25, 0.3) is 0 Å². The van der Waals surface area contributed by atoms with Crippen LogP contribution >= 0.6 is 0 Å². The van der Waals surface area contributed by atoms with Gasteiger partial charge in [-0.3, -0.25) is 4.79 Å². The van der Waals surface area contributed by atoms with Crippen molar-refractivity contribution in [2.45, 2.75) is 6.42 Å². The summed E-state index contributed by atoms with van der Waals surface area (Å²) in [7, 11) is 1.55. The highest BCUT2D eigenvalue weighted by atomic mass is 19.1. The van der Waals surface area contributed by atoms with E-state index >= 15 is 0 Å². The minimum atomic E-state index is -0.428. The van der Waals surface area contributed by atoms with Gasteiger partial charge in [0.15, 0.2) is 0 Å². The van der Waals surface area contributed by atoms with Gasteiger partial charge >= 0.3 is 0 Å². The third kappa shape index (κ3) is 3.01. The number of para-hydroxylation sites is 1. The van der Waals surface area contributed by atoms with Gasteiger partial charge in [0.05, 0.1) is 23.7 Å². The van der Waals surface area contributed by atoms with Gasteiger partial charge in [-0.05, 0) is 29.8 Å². The predicted octanol–water partition coefficient (Wildman–Crippen LogP) is 2.90. The summed E-state index contributed by atoms with van der Waals surface area (Å²) in [6, 6.07) is 14.9. The number of carbonyl (C=O) groups excluding carboxylic acids is 1. The highest BCUT2D eigenvalue weighted by Gasteiger charge is 2.14. The van der Waals surface area contributed by atoms with Gasteiger partial charge in [0.1, 0.15) is 5.82 Å². The highest BCUT2D eigenvalue weighted by Crippen LogP contribution is 2.18.